The summed E-state index contributed by atoms with van der Waals surface area (Å²) in [5.74, 6) is 0.801. The first-order valence-corrected chi connectivity index (χ1v) is 3.96. The van der Waals surface area contributed by atoms with Gasteiger partial charge < -0.3 is 4.90 Å². The molecule has 66 valence electrons. The van der Waals surface area contributed by atoms with Crippen LogP contribution in [0.5, 0.6) is 0 Å². The van der Waals surface area contributed by atoms with Crippen LogP contribution in [-0.4, -0.2) is 17.8 Å². The third-order valence-corrected chi connectivity index (χ3v) is 1.37. The second-order valence-electron chi connectivity index (χ2n) is 2.17. The van der Waals surface area contributed by atoms with Crippen LogP contribution in [0.15, 0.2) is 42.7 Å². The van der Waals surface area contributed by atoms with Gasteiger partial charge in [0.1, 0.15) is 5.84 Å². The average Bonchev–Trinajstić information content (AvgIpc) is 2.12. The molecule has 0 N–H and O–H groups in total. The van der Waals surface area contributed by atoms with E-state index in [1.807, 2.05) is 17.2 Å². The van der Waals surface area contributed by atoms with Crippen LogP contribution in [0.1, 0.15) is 13.3 Å². The van der Waals surface area contributed by atoms with Crippen molar-refractivity contribution in [3.8, 4) is 0 Å². The van der Waals surface area contributed by atoms with E-state index in [4.69, 9.17) is 0 Å². The van der Waals surface area contributed by atoms with E-state index in [1.54, 1.807) is 19.3 Å². The molecule has 2 nitrogen and oxygen atoms in total. The van der Waals surface area contributed by atoms with E-state index in [-0.39, 0.29) is 0 Å². The van der Waals surface area contributed by atoms with Crippen molar-refractivity contribution in [2.45, 2.75) is 13.3 Å². The number of rotatable bonds is 4. The van der Waals surface area contributed by atoms with Gasteiger partial charge in [-0.1, -0.05) is 26.2 Å². The van der Waals surface area contributed by atoms with Crippen LogP contribution in [0.25, 0.3) is 0 Å². The first-order chi connectivity index (χ1) is 5.79. The SMILES string of the molecule is C=C/C(=N/C)N(C=C)/C=C\CC. The van der Waals surface area contributed by atoms with Crippen LogP contribution in [0.3, 0.4) is 0 Å². The Bertz CT molecular complexity index is 202. The quantitative estimate of drug-likeness (QED) is 0.460. The Balaban J connectivity index is 4.42. The van der Waals surface area contributed by atoms with Gasteiger partial charge >= 0.3 is 0 Å². The van der Waals surface area contributed by atoms with Crippen LogP contribution in [0.2, 0.25) is 0 Å². The topological polar surface area (TPSA) is 15.6 Å². The van der Waals surface area contributed by atoms with E-state index in [0.29, 0.717) is 0 Å². The lowest BCUT2D eigenvalue weighted by molar-refractivity contribution is 0.759. The van der Waals surface area contributed by atoms with Crippen molar-refractivity contribution in [2.75, 3.05) is 7.05 Å². The maximum Gasteiger partial charge on any atom is 0.130 e. The van der Waals surface area contributed by atoms with E-state index in [0.717, 1.165) is 12.3 Å². The first kappa shape index (κ1) is 10.7. The number of nitrogens with zero attached hydrogens (tertiary/aromatic N) is 2. The highest BCUT2D eigenvalue weighted by molar-refractivity contribution is 5.93. The Labute approximate surface area is 74.6 Å². The van der Waals surface area contributed by atoms with Gasteiger partial charge in [-0.25, -0.2) is 0 Å². The Kier molecular flexibility index (Phi) is 5.70. The van der Waals surface area contributed by atoms with Crippen molar-refractivity contribution < 1.29 is 0 Å². The van der Waals surface area contributed by atoms with Crippen LogP contribution >= 0.6 is 0 Å². The summed E-state index contributed by atoms with van der Waals surface area (Å²) in [6.45, 7) is 9.41. The minimum atomic E-state index is 0.801. The number of hydrogen-bond donors (Lipinski definition) is 0. The van der Waals surface area contributed by atoms with E-state index in [9.17, 15) is 0 Å². The number of aliphatic imine (C=N–C) groups is 1. The van der Waals surface area contributed by atoms with Gasteiger partial charge in [-0.15, -0.1) is 0 Å². The third-order valence-electron chi connectivity index (χ3n) is 1.37. The number of allylic oxidation sites excluding steroid dienone is 1. The van der Waals surface area contributed by atoms with Crippen molar-refractivity contribution in [2.24, 2.45) is 4.99 Å². The van der Waals surface area contributed by atoms with Crippen molar-refractivity contribution >= 4 is 5.84 Å². The summed E-state index contributed by atoms with van der Waals surface area (Å²) < 4.78 is 0. The van der Waals surface area contributed by atoms with E-state index in [1.165, 1.54) is 0 Å². The molecule has 0 unspecified atom stereocenters. The monoisotopic (exact) mass is 164 g/mol. The van der Waals surface area contributed by atoms with Gasteiger partial charge in [0.05, 0.1) is 0 Å². The molecule has 0 heterocycles. The molecule has 0 fully saturated rings. The van der Waals surface area contributed by atoms with E-state index in [2.05, 4.69) is 25.1 Å². The zero-order valence-electron chi connectivity index (χ0n) is 7.83. The van der Waals surface area contributed by atoms with Gasteiger partial charge in [-0.2, -0.15) is 0 Å². The van der Waals surface area contributed by atoms with Crippen LogP contribution < -0.4 is 0 Å². The van der Waals surface area contributed by atoms with Gasteiger partial charge in [0.15, 0.2) is 0 Å². The summed E-state index contributed by atoms with van der Waals surface area (Å²) in [5, 5.41) is 0. The fourth-order valence-electron chi connectivity index (χ4n) is 0.762. The fourth-order valence-corrected chi connectivity index (χ4v) is 0.762. The van der Waals surface area contributed by atoms with Crippen molar-refractivity contribution in [1.29, 1.82) is 0 Å². The van der Waals surface area contributed by atoms with Crippen molar-refractivity contribution in [1.82, 2.24) is 4.90 Å². The van der Waals surface area contributed by atoms with Crippen LogP contribution in [0, 0.1) is 0 Å². The molecule has 0 bridgehead atoms. The molecule has 2 heteroatoms. The average molecular weight is 164 g/mol. The maximum atomic E-state index is 4.03. The lowest BCUT2D eigenvalue weighted by Gasteiger charge is -2.13. The van der Waals surface area contributed by atoms with Crippen LogP contribution in [-0.2, 0) is 0 Å². The summed E-state index contributed by atoms with van der Waals surface area (Å²) in [7, 11) is 1.73. The maximum absolute atomic E-state index is 4.03. The lowest BCUT2D eigenvalue weighted by atomic mass is 10.4. The standard InChI is InChI=1S/C10H16N2/c1-5-8-9-12(7-3)10(6-2)11-4/h6-9H,2-3,5H2,1,4H3/b9-8-,11-10-. The highest BCUT2D eigenvalue weighted by Crippen LogP contribution is 1.96. The zero-order valence-corrected chi connectivity index (χ0v) is 7.83. The molecule has 0 aliphatic heterocycles. The van der Waals surface area contributed by atoms with Crippen LogP contribution in [0.4, 0.5) is 0 Å². The predicted octanol–water partition coefficient (Wildman–Crippen LogP) is 2.57. The van der Waals surface area contributed by atoms with Gasteiger partial charge in [-0.3, -0.25) is 4.99 Å². The minimum Gasteiger partial charge on any atom is -0.310 e. The van der Waals surface area contributed by atoms with Crippen molar-refractivity contribution in [3.05, 3.63) is 37.7 Å². The Hall–Kier alpha value is -1.31. The molecule has 0 radical (unpaired) electrons. The number of amidine groups is 1. The zero-order chi connectivity index (χ0) is 9.40. The minimum absolute atomic E-state index is 0.801. The smallest absolute Gasteiger partial charge is 0.130 e. The third kappa shape index (κ3) is 3.19. The Morgan fingerprint density at radius 2 is 2.17 bits per heavy atom. The summed E-state index contributed by atoms with van der Waals surface area (Å²) >= 11 is 0. The molecule has 0 aromatic carbocycles. The Morgan fingerprint density at radius 1 is 1.50 bits per heavy atom. The summed E-state index contributed by atoms with van der Waals surface area (Å²) in [6, 6.07) is 0. The molecule has 0 spiro atoms. The molecule has 0 saturated carbocycles. The predicted molar refractivity (Wildman–Crippen MR) is 55.0 cm³/mol. The van der Waals surface area contributed by atoms with Gasteiger partial charge in [-0.05, 0) is 12.5 Å². The van der Waals surface area contributed by atoms with E-state index < -0.39 is 0 Å². The van der Waals surface area contributed by atoms with Crippen molar-refractivity contribution in [3.63, 3.8) is 0 Å². The molecular formula is C10H16N2. The molecule has 0 saturated heterocycles. The fraction of sp³-hybridized carbons (Fsp3) is 0.300. The molecule has 0 aliphatic carbocycles. The molecule has 0 aromatic rings. The summed E-state index contributed by atoms with van der Waals surface area (Å²) in [5.41, 5.74) is 0. The first-order valence-electron chi connectivity index (χ1n) is 3.96. The second kappa shape index (κ2) is 6.40. The van der Waals surface area contributed by atoms with Gasteiger partial charge in [0.25, 0.3) is 0 Å². The second-order valence-corrected chi connectivity index (χ2v) is 2.17. The normalized spacial score (nSPS) is 11.7. The number of hydrogen-bond acceptors (Lipinski definition) is 1. The Morgan fingerprint density at radius 3 is 2.50 bits per heavy atom. The molecule has 0 aromatic heterocycles. The largest absolute Gasteiger partial charge is 0.310 e. The molecule has 0 amide bonds. The molecule has 0 rings (SSSR count). The highest BCUT2D eigenvalue weighted by Gasteiger charge is 1.96. The summed E-state index contributed by atoms with van der Waals surface area (Å²) in [6.07, 6.45) is 8.36. The highest BCUT2D eigenvalue weighted by atomic mass is 15.1. The van der Waals surface area contributed by atoms with Gasteiger partial charge in [0, 0.05) is 19.4 Å². The summed E-state index contributed by atoms with van der Waals surface area (Å²) in [4.78, 5) is 5.86. The molecule has 12 heavy (non-hydrogen) atoms. The van der Waals surface area contributed by atoms with Gasteiger partial charge in [0.2, 0.25) is 0 Å². The molecular weight excluding hydrogens is 148 g/mol. The molecule has 0 atom stereocenters. The van der Waals surface area contributed by atoms with E-state index >= 15 is 0 Å². The lowest BCUT2D eigenvalue weighted by Crippen LogP contribution is -2.16. The molecule has 0 aliphatic rings.